The van der Waals surface area contributed by atoms with Crippen LogP contribution in [0.25, 0.3) is 0 Å². The molecule has 0 aromatic rings. The highest BCUT2D eigenvalue weighted by Gasteiger charge is 2.17. The van der Waals surface area contributed by atoms with Gasteiger partial charge in [-0.05, 0) is 34.1 Å². The summed E-state index contributed by atoms with van der Waals surface area (Å²) in [6.07, 6.45) is 1.78. The van der Waals surface area contributed by atoms with Crippen molar-refractivity contribution in [3.8, 4) is 0 Å². The minimum absolute atomic E-state index is 0.169. The van der Waals surface area contributed by atoms with E-state index in [9.17, 15) is 0 Å². The molecule has 0 aliphatic rings. The highest BCUT2D eigenvalue weighted by Crippen LogP contribution is 2.16. The Morgan fingerprint density at radius 2 is 1.80 bits per heavy atom. The first-order valence-electron chi connectivity index (χ1n) is 3.64. The van der Waals surface area contributed by atoms with Gasteiger partial charge in [-0.3, -0.25) is 0 Å². The molecule has 0 amide bonds. The van der Waals surface area contributed by atoms with Crippen LogP contribution in [-0.4, -0.2) is 5.60 Å². The molecule has 1 radical (unpaired) electrons. The summed E-state index contributed by atoms with van der Waals surface area (Å²) >= 11 is 0. The van der Waals surface area contributed by atoms with Crippen LogP contribution >= 0.6 is 0 Å². The molecule has 0 fully saturated rings. The Labute approximate surface area is 63.5 Å². The van der Waals surface area contributed by atoms with Crippen LogP contribution in [0, 0.1) is 6.10 Å². The summed E-state index contributed by atoms with van der Waals surface area (Å²) < 4.78 is 0. The molecule has 0 aliphatic carbocycles. The third-order valence-electron chi connectivity index (χ3n) is 1.29. The van der Waals surface area contributed by atoms with Crippen LogP contribution in [0.1, 0.15) is 41.0 Å². The minimum Gasteiger partial charge on any atom is -0.230 e. The number of hydrogen-bond acceptors (Lipinski definition) is 2. The molecule has 0 aliphatic heterocycles. The first-order valence-corrected chi connectivity index (χ1v) is 3.64. The van der Waals surface area contributed by atoms with Gasteiger partial charge in [-0.2, -0.15) is 0 Å². The van der Waals surface area contributed by atoms with Gasteiger partial charge in [0.25, 0.3) is 0 Å². The second-order valence-electron chi connectivity index (χ2n) is 3.19. The lowest BCUT2D eigenvalue weighted by molar-refractivity contribution is -0.344. The van der Waals surface area contributed by atoms with Crippen molar-refractivity contribution in [1.82, 2.24) is 0 Å². The quantitative estimate of drug-likeness (QED) is 0.447. The zero-order chi connectivity index (χ0) is 8.20. The van der Waals surface area contributed by atoms with Crippen LogP contribution in [-0.2, 0) is 9.78 Å². The minimum atomic E-state index is -0.169. The number of rotatable bonds is 4. The largest absolute Gasteiger partial charge is 0.230 e. The lowest BCUT2D eigenvalue weighted by atomic mass is 10.1. The first kappa shape index (κ1) is 9.92. The van der Waals surface area contributed by atoms with E-state index < -0.39 is 0 Å². The lowest BCUT2D eigenvalue weighted by Crippen LogP contribution is -2.23. The van der Waals surface area contributed by atoms with Crippen molar-refractivity contribution in [1.29, 1.82) is 0 Å². The lowest BCUT2D eigenvalue weighted by Gasteiger charge is -2.22. The van der Waals surface area contributed by atoms with Crippen LogP contribution in [0.4, 0.5) is 0 Å². The van der Waals surface area contributed by atoms with Gasteiger partial charge < -0.3 is 0 Å². The summed E-state index contributed by atoms with van der Waals surface area (Å²) in [4.78, 5) is 10.0. The van der Waals surface area contributed by atoms with Crippen molar-refractivity contribution in [3.05, 3.63) is 6.10 Å². The molecular weight excluding hydrogens is 128 g/mol. The van der Waals surface area contributed by atoms with E-state index in [4.69, 9.17) is 9.78 Å². The van der Waals surface area contributed by atoms with E-state index in [0.29, 0.717) is 0 Å². The molecule has 2 nitrogen and oxygen atoms in total. The fourth-order valence-corrected chi connectivity index (χ4v) is 0.255. The van der Waals surface area contributed by atoms with Gasteiger partial charge in [0.2, 0.25) is 0 Å². The molecule has 10 heavy (non-hydrogen) atoms. The third-order valence-corrected chi connectivity index (χ3v) is 1.29. The predicted octanol–water partition coefficient (Wildman–Crippen LogP) is 2.69. The van der Waals surface area contributed by atoms with E-state index in [1.807, 2.05) is 27.7 Å². The monoisotopic (exact) mass is 145 g/mol. The van der Waals surface area contributed by atoms with E-state index in [2.05, 4.69) is 6.92 Å². The zero-order valence-corrected chi connectivity index (χ0v) is 7.52. The van der Waals surface area contributed by atoms with E-state index in [0.717, 1.165) is 12.5 Å². The van der Waals surface area contributed by atoms with Gasteiger partial charge in [-0.15, -0.1) is 0 Å². The van der Waals surface area contributed by atoms with E-state index in [1.165, 1.54) is 0 Å². The topological polar surface area (TPSA) is 18.5 Å². The average Bonchev–Trinajstić information content (AvgIpc) is 1.85. The fourth-order valence-electron chi connectivity index (χ4n) is 0.255. The summed E-state index contributed by atoms with van der Waals surface area (Å²) in [6.45, 7) is 9.79. The van der Waals surface area contributed by atoms with Crippen molar-refractivity contribution in [3.63, 3.8) is 0 Å². The molecule has 0 spiro atoms. The maximum Gasteiger partial charge on any atom is 0.129 e. The van der Waals surface area contributed by atoms with Crippen molar-refractivity contribution in [2.24, 2.45) is 0 Å². The van der Waals surface area contributed by atoms with E-state index in [1.54, 1.807) is 0 Å². The predicted molar refractivity (Wildman–Crippen MR) is 41.1 cm³/mol. The maximum absolute atomic E-state index is 5.10. The molecule has 0 N–H and O–H groups in total. The molecule has 61 valence electrons. The van der Waals surface area contributed by atoms with Crippen LogP contribution in [0.2, 0.25) is 0 Å². The standard InChI is InChI=1S/C8H17O2/c1-6-8(4,5)10-9-7(2)3/h6H2,1-5H3. The molecule has 0 unspecified atom stereocenters. The molecule has 0 saturated heterocycles. The number of hydrogen-bond donors (Lipinski definition) is 0. The zero-order valence-electron chi connectivity index (χ0n) is 7.52. The van der Waals surface area contributed by atoms with E-state index >= 15 is 0 Å². The highest BCUT2D eigenvalue weighted by molar-refractivity contribution is 4.64. The summed E-state index contributed by atoms with van der Waals surface area (Å²) in [5, 5.41) is 0. The highest BCUT2D eigenvalue weighted by atomic mass is 17.2. The molecule has 0 aromatic heterocycles. The second kappa shape index (κ2) is 3.94. The van der Waals surface area contributed by atoms with Gasteiger partial charge in [0, 0.05) is 0 Å². The van der Waals surface area contributed by atoms with E-state index in [-0.39, 0.29) is 5.60 Å². The van der Waals surface area contributed by atoms with Crippen LogP contribution in [0.5, 0.6) is 0 Å². The molecule has 2 heteroatoms. The Kier molecular flexibility index (Phi) is 3.91. The fraction of sp³-hybridized carbons (Fsp3) is 0.875. The molecule has 0 rings (SSSR count). The van der Waals surface area contributed by atoms with Gasteiger partial charge >= 0.3 is 0 Å². The summed E-state index contributed by atoms with van der Waals surface area (Å²) in [6, 6.07) is 0. The Balaban J connectivity index is 3.46. The van der Waals surface area contributed by atoms with Crippen molar-refractivity contribution >= 4 is 0 Å². The van der Waals surface area contributed by atoms with Crippen LogP contribution in [0.3, 0.4) is 0 Å². The Morgan fingerprint density at radius 1 is 1.30 bits per heavy atom. The van der Waals surface area contributed by atoms with Crippen molar-refractivity contribution in [2.75, 3.05) is 0 Å². The molecule has 0 aromatic carbocycles. The SMILES string of the molecule is CCC(C)(C)OO[C](C)C. The first-order chi connectivity index (χ1) is 4.48. The van der Waals surface area contributed by atoms with Crippen LogP contribution in [0.15, 0.2) is 0 Å². The summed E-state index contributed by atoms with van der Waals surface area (Å²) in [7, 11) is 0. The Hall–Kier alpha value is -0.0800. The van der Waals surface area contributed by atoms with Gasteiger partial charge in [0.15, 0.2) is 0 Å². The normalized spacial score (nSPS) is 12.6. The molecular formula is C8H17O2. The molecule has 0 atom stereocenters. The average molecular weight is 145 g/mol. The molecule has 0 bridgehead atoms. The van der Waals surface area contributed by atoms with Gasteiger partial charge in [0.05, 0.1) is 5.60 Å². The van der Waals surface area contributed by atoms with Crippen LogP contribution < -0.4 is 0 Å². The Bertz CT molecular complexity index is 87.3. The summed E-state index contributed by atoms with van der Waals surface area (Å²) in [5.74, 6) is 0. The third kappa shape index (κ3) is 4.77. The smallest absolute Gasteiger partial charge is 0.129 e. The van der Waals surface area contributed by atoms with Gasteiger partial charge in [0.1, 0.15) is 6.10 Å². The Morgan fingerprint density at radius 3 is 2.10 bits per heavy atom. The van der Waals surface area contributed by atoms with Crippen molar-refractivity contribution in [2.45, 2.75) is 46.6 Å². The summed E-state index contributed by atoms with van der Waals surface area (Å²) in [5.41, 5.74) is -0.169. The van der Waals surface area contributed by atoms with Gasteiger partial charge in [-0.1, -0.05) is 6.92 Å². The second-order valence-corrected chi connectivity index (χ2v) is 3.19. The van der Waals surface area contributed by atoms with Gasteiger partial charge in [-0.25, -0.2) is 9.78 Å². The molecule has 0 saturated carbocycles. The van der Waals surface area contributed by atoms with Crippen molar-refractivity contribution < 1.29 is 9.78 Å². The molecule has 0 heterocycles. The maximum atomic E-state index is 5.10.